The zero-order chi connectivity index (χ0) is 13.4. The van der Waals surface area contributed by atoms with Gasteiger partial charge in [0.05, 0.1) is 6.54 Å². The standard InChI is InChI=1S/C11H21N5O2/c1-4-12-7-10-14-15-11(18-10)16(6-3)8-9(17)13-5-2/h12H,4-8H2,1-3H3,(H,13,17). The van der Waals surface area contributed by atoms with Crippen molar-refractivity contribution < 1.29 is 9.21 Å². The highest BCUT2D eigenvalue weighted by atomic mass is 16.4. The number of hydrogen-bond donors (Lipinski definition) is 2. The summed E-state index contributed by atoms with van der Waals surface area (Å²) in [5.74, 6) is 0.479. The Balaban J connectivity index is 2.58. The number of carbonyl (C=O) groups excluding carboxylic acids is 1. The van der Waals surface area contributed by atoms with Gasteiger partial charge in [-0.25, -0.2) is 0 Å². The van der Waals surface area contributed by atoms with E-state index < -0.39 is 0 Å². The highest BCUT2D eigenvalue weighted by Gasteiger charge is 2.15. The summed E-state index contributed by atoms with van der Waals surface area (Å²) in [4.78, 5) is 13.3. The predicted molar refractivity (Wildman–Crippen MR) is 68.2 cm³/mol. The second-order valence-electron chi connectivity index (χ2n) is 3.73. The number of likely N-dealkylation sites (N-methyl/N-ethyl adjacent to an activating group) is 2. The minimum atomic E-state index is -0.0502. The monoisotopic (exact) mass is 255 g/mol. The van der Waals surface area contributed by atoms with Crippen LogP contribution in [0.2, 0.25) is 0 Å². The fourth-order valence-electron chi connectivity index (χ4n) is 1.42. The molecular weight excluding hydrogens is 234 g/mol. The third-order valence-electron chi connectivity index (χ3n) is 2.34. The second-order valence-corrected chi connectivity index (χ2v) is 3.73. The van der Waals surface area contributed by atoms with Crippen molar-refractivity contribution in [3.05, 3.63) is 5.89 Å². The summed E-state index contributed by atoms with van der Waals surface area (Å²) in [6.07, 6.45) is 0. The molecule has 102 valence electrons. The first-order chi connectivity index (χ1) is 8.71. The van der Waals surface area contributed by atoms with Gasteiger partial charge in [-0.1, -0.05) is 12.0 Å². The Morgan fingerprint density at radius 1 is 1.28 bits per heavy atom. The molecule has 0 saturated carbocycles. The Bertz CT molecular complexity index is 366. The van der Waals surface area contributed by atoms with Gasteiger partial charge in [-0.05, 0) is 20.4 Å². The minimum Gasteiger partial charge on any atom is -0.407 e. The lowest BCUT2D eigenvalue weighted by Gasteiger charge is -2.16. The van der Waals surface area contributed by atoms with Crippen molar-refractivity contribution in [2.75, 3.05) is 31.1 Å². The first-order valence-corrected chi connectivity index (χ1v) is 6.25. The van der Waals surface area contributed by atoms with Crippen LogP contribution < -0.4 is 15.5 Å². The zero-order valence-corrected chi connectivity index (χ0v) is 11.2. The van der Waals surface area contributed by atoms with Crippen LogP contribution in [0.4, 0.5) is 6.01 Å². The van der Waals surface area contributed by atoms with Gasteiger partial charge in [0.25, 0.3) is 0 Å². The molecule has 0 aliphatic rings. The molecule has 0 aromatic carbocycles. The van der Waals surface area contributed by atoms with Crippen LogP contribution in [0.3, 0.4) is 0 Å². The number of nitrogens with zero attached hydrogens (tertiary/aromatic N) is 3. The number of rotatable bonds is 8. The van der Waals surface area contributed by atoms with Crippen LogP contribution in [0.1, 0.15) is 26.7 Å². The summed E-state index contributed by atoms with van der Waals surface area (Å²) in [7, 11) is 0. The SMILES string of the molecule is CCNCc1nnc(N(CC)CC(=O)NCC)o1. The molecule has 0 fully saturated rings. The van der Waals surface area contributed by atoms with E-state index in [1.54, 1.807) is 4.90 Å². The lowest BCUT2D eigenvalue weighted by Crippen LogP contribution is -2.37. The molecule has 2 N–H and O–H groups in total. The summed E-state index contributed by atoms with van der Waals surface area (Å²) >= 11 is 0. The molecule has 18 heavy (non-hydrogen) atoms. The normalized spacial score (nSPS) is 10.4. The maximum Gasteiger partial charge on any atom is 0.318 e. The van der Waals surface area contributed by atoms with E-state index in [4.69, 9.17) is 4.42 Å². The van der Waals surface area contributed by atoms with E-state index in [0.717, 1.165) is 6.54 Å². The number of nitrogens with one attached hydrogen (secondary N) is 2. The van der Waals surface area contributed by atoms with Crippen LogP contribution in [0.15, 0.2) is 4.42 Å². The van der Waals surface area contributed by atoms with Crippen molar-refractivity contribution in [3.63, 3.8) is 0 Å². The third-order valence-corrected chi connectivity index (χ3v) is 2.34. The van der Waals surface area contributed by atoms with E-state index in [2.05, 4.69) is 20.8 Å². The smallest absolute Gasteiger partial charge is 0.318 e. The van der Waals surface area contributed by atoms with Crippen molar-refractivity contribution in [2.45, 2.75) is 27.3 Å². The summed E-state index contributed by atoms with van der Waals surface area (Å²) in [6.45, 7) is 8.70. The predicted octanol–water partition coefficient (Wildman–Crippen LogP) is 0.142. The molecule has 7 heteroatoms. The Labute approximate surface area is 107 Å². The Morgan fingerprint density at radius 2 is 2.06 bits per heavy atom. The van der Waals surface area contributed by atoms with Crippen molar-refractivity contribution in [1.82, 2.24) is 20.8 Å². The molecule has 0 aliphatic heterocycles. The van der Waals surface area contributed by atoms with Crippen molar-refractivity contribution in [2.24, 2.45) is 0 Å². The number of anilines is 1. The molecule has 0 saturated heterocycles. The maximum atomic E-state index is 11.5. The Kier molecular flexibility index (Phi) is 6.13. The average Bonchev–Trinajstić information content (AvgIpc) is 2.82. The van der Waals surface area contributed by atoms with Gasteiger partial charge in [-0.2, -0.15) is 0 Å². The van der Waals surface area contributed by atoms with E-state index in [9.17, 15) is 4.79 Å². The van der Waals surface area contributed by atoms with Crippen molar-refractivity contribution in [1.29, 1.82) is 0 Å². The zero-order valence-electron chi connectivity index (χ0n) is 11.2. The number of aromatic nitrogens is 2. The van der Waals surface area contributed by atoms with Crippen LogP contribution in [0.5, 0.6) is 0 Å². The quantitative estimate of drug-likeness (QED) is 0.687. The van der Waals surface area contributed by atoms with E-state index >= 15 is 0 Å². The first kappa shape index (κ1) is 14.4. The summed E-state index contributed by atoms with van der Waals surface area (Å²) in [6, 6.07) is 0.386. The highest BCUT2D eigenvalue weighted by Crippen LogP contribution is 2.11. The van der Waals surface area contributed by atoms with Crippen LogP contribution in [-0.2, 0) is 11.3 Å². The van der Waals surface area contributed by atoms with Crippen LogP contribution in [-0.4, -0.2) is 42.3 Å². The fourth-order valence-corrected chi connectivity index (χ4v) is 1.42. The Morgan fingerprint density at radius 3 is 2.67 bits per heavy atom. The summed E-state index contributed by atoms with van der Waals surface area (Å²) < 4.78 is 5.48. The maximum absolute atomic E-state index is 11.5. The van der Waals surface area contributed by atoms with E-state index in [-0.39, 0.29) is 12.5 Å². The Hall–Kier alpha value is -1.63. The van der Waals surface area contributed by atoms with Gasteiger partial charge in [-0.15, -0.1) is 5.10 Å². The minimum absolute atomic E-state index is 0.0502. The third kappa shape index (κ3) is 4.33. The van der Waals surface area contributed by atoms with Gasteiger partial charge in [0, 0.05) is 13.1 Å². The molecule has 1 rings (SSSR count). The molecule has 1 aromatic rings. The molecule has 0 unspecified atom stereocenters. The topological polar surface area (TPSA) is 83.3 Å². The molecule has 0 radical (unpaired) electrons. The molecule has 0 aliphatic carbocycles. The lowest BCUT2D eigenvalue weighted by molar-refractivity contribution is -0.119. The number of amides is 1. The number of carbonyl (C=O) groups is 1. The first-order valence-electron chi connectivity index (χ1n) is 6.25. The van der Waals surface area contributed by atoms with Gasteiger partial charge in [0.2, 0.25) is 11.8 Å². The van der Waals surface area contributed by atoms with E-state index in [0.29, 0.717) is 31.5 Å². The van der Waals surface area contributed by atoms with Crippen molar-refractivity contribution >= 4 is 11.9 Å². The van der Waals surface area contributed by atoms with E-state index in [1.807, 2.05) is 20.8 Å². The van der Waals surface area contributed by atoms with Gasteiger partial charge in [-0.3, -0.25) is 4.79 Å². The largest absolute Gasteiger partial charge is 0.407 e. The second kappa shape index (κ2) is 7.65. The highest BCUT2D eigenvalue weighted by molar-refractivity contribution is 5.80. The van der Waals surface area contributed by atoms with Gasteiger partial charge < -0.3 is 20.0 Å². The molecule has 1 amide bonds. The number of hydrogen-bond acceptors (Lipinski definition) is 6. The molecule has 1 heterocycles. The van der Waals surface area contributed by atoms with Crippen LogP contribution in [0.25, 0.3) is 0 Å². The molecule has 0 spiro atoms. The van der Waals surface area contributed by atoms with Crippen LogP contribution in [0, 0.1) is 0 Å². The van der Waals surface area contributed by atoms with Crippen LogP contribution >= 0.6 is 0 Å². The lowest BCUT2D eigenvalue weighted by atomic mass is 10.5. The van der Waals surface area contributed by atoms with Gasteiger partial charge in [0.1, 0.15) is 6.54 Å². The van der Waals surface area contributed by atoms with E-state index in [1.165, 1.54) is 0 Å². The van der Waals surface area contributed by atoms with Gasteiger partial charge >= 0.3 is 6.01 Å². The van der Waals surface area contributed by atoms with Gasteiger partial charge in [0.15, 0.2) is 0 Å². The molecule has 0 atom stereocenters. The molecule has 1 aromatic heterocycles. The summed E-state index contributed by atoms with van der Waals surface area (Å²) in [5.41, 5.74) is 0. The van der Waals surface area contributed by atoms with Crippen molar-refractivity contribution in [3.8, 4) is 0 Å². The average molecular weight is 255 g/mol. The fraction of sp³-hybridized carbons (Fsp3) is 0.727. The molecule has 7 nitrogen and oxygen atoms in total. The molecular formula is C11H21N5O2. The summed E-state index contributed by atoms with van der Waals surface area (Å²) in [5, 5.41) is 13.7. The molecule has 0 bridgehead atoms.